The number of carbonyl (C=O) groups excluding carboxylic acids is 1. The van der Waals surface area contributed by atoms with E-state index in [0.717, 1.165) is 44.5 Å². The van der Waals surface area contributed by atoms with Gasteiger partial charge in [-0.15, -0.1) is 12.4 Å². The van der Waals surface area contributed by atoms with Crippen LogP contribution in [-0.4, -0.2) is 37.0 Å². The molecule has 1 N–H and O–H groups in total. The summed E-state index contributed by atoms with van der Waals surface area (Å²) in [5.41, 5.74) is 0.282. The van der Waals surface area contributed by atoms with Crippen LogP contribution in [0.25, 0.3) is 0 Å². The number of piperidine rings is 1. The van der Waals surface area contributed by atoms with Crippen LogP contribution in [0, 0.1) is 17.0 Å². The molecule has 3 rings (SSSR count). The number of likely N-dealkylation sites (tertiary alicyclic amines) is 1. The highest BCUT2D eigenvalue weighted by molar-refractivity contribution is 5.94. The van der Waals surface area contributed by atoms with Crippen molar-refractivity contribution in [3.05, 3.63) is 35.4 Å². The van der Waals surface area contributed by atoms with E-state index < -0.39 is 11.6 Å². The molecule has 0 saturated carbocycles. The highest BCUT2D eigenvalue weighted by atomic mass is 35.5. The van der Waals surface area contributed by atoms with E-state index in [9.17, 15) is 13.6 Å². The zero-order chi connectivity index (χ0) is 14.2. The Labute approximate surface area is 129 Å². The first-order valence-electron chi connectivity index (χ1n) is 7.05. The van der Waals surface area contributed by atoms with Crippen molar-refractivity contribution in [3.63, 3.8) is 0 Å². The lowest BCUT2D eigenvalue weighted by Crippen LogP contribution is -2.44. The van der Waals surface area contributed by atoms with Crippen LogP contribution >= 0.6 is 12.4 Å². The van der Waals surface area contributed by atoms with Crippen LogP contribution in [0.3, 0.4) is 0 Å². The van der Waals surface area contributed by atoms with Crippen molar-refractivity contribution in [1.82, 2.24) is 10.2 Å². The normalized spacial score (nSPS) is 20.4. The summed E-state index contributed by atoms with van der Waals surface area (Å²) >= 11 is 0. The second-order valence-corrected chi connectivity index (χ2v) is 5.84. The SMILES string of the molecule is Cl.O=C(c1ccc(F)cc1F)N1CCC2(CCNC2)CC1. The molecule has 1 aromatic carbocycles. The maximum atomic E-state index is 13.7. The molecule has 2 aliphatic rings. The number of benzene rings is 1. The van der Waals surface area contributed by atoms with E-state index in [1.165, 1.54) is 6.07 Å². The minimum Gasteiger partial charge on any atom is -0.339 e. The second kappa shape index (κ2) is 6.28. The van der Waals surface area contributed by atoms with Gasteiger partial charge < -0.3 is 10.2 Å². The smallest absolute Gasteiger partial charge is 0.256 e. The Morgan fingerprint density at radius 3 is 2.48 bits per heavy atom. The first-order chi connectivity index (χ1) is 9.60. The molecule has 0 bridgehead atoms. The second-order valence-electron chi connectivity index (χ2n) is 5.84. The zero-order valence-electron chi connectivity index (χ0n) is 11.7. The summed E-state index contributed by atoms with van der Waals surface area (Å²) in [5, 5.41) is 3.37. The number of rotatable bonds is 1. The average molecular weight is 317 g/mol. The fourth-order valence-electron chi connectivity index (χ4n) is 3.24. The molecule has 0 aliphatic carbocycles. The number of carbonyl (C=O) groups is 1. The van der Waals surface area contributed by atoms with Crippen LogP contribution < -0.4 is 5.32 Å². The lowest BCUT2D eigenvalue weighted by Gasteiger charge is -2.38. The van der Waals surface area contributed by atoms with Crippen molar-refractivity contribution < 1.29 is 13.6 Å². The van der Waals surface area contributed by atoms with Gasteiger partial charge in [-0.3, -0.25) is 4.79 Å². The van der Waals surface area contributed by atoms with E-state index in [1.807, 2.05) is 0 Å². The average Bonchev–Trinajstić information content (AvgIpc) is 2.87. The summed E-state index contributed by atoms with van der Waals surface area (Å²) in [5.74, 6) is -1.77. The molecule has 0 aromatic heterocycles. The number of hydrogen-bond acceptors (Lipinski definition) is 2. The highest BCUT2D eigenvalue weighted by Gasteiger charge is 2.38. The molecule has 2 saturated heterocycles. The summed E-state index contributed by atoms with van der Waals surface area (Å²) in [7, 11) is 0. The minimum absolute atomic E-state index is 0. The summed E-state index contributed by atoms with van der Waals surface area (Å²) in [6.45, 7) is 3.36. The molecule has 0 atom stereocenters. The van der Waals surface area contributed by atoms with Gasteiger partial charge in [0.15, 0.2) is 0 Å². The van der Waals surface area contributed by atoms with Crippen LogP contribution in [-0.2, 0) is 0 Å². The lowest BCUT2D eigenvalue weighted by atomic mass is 9.78. The highest BCUT2D eigenvalue weighted by Crippen LogP contribution is 2.37. The minimum atomic E-state index is -0.780. The maximum Gasteiger partial charge on any atom is 0.256 e. The van der Waals surface area contributed by atoms with Crippen molar-refractivity contribution >= 4 is 18.3 Å². The standard InChI is InChI=1S/C15H18F2N2O.ClH/c16-11-1-2-12(13(17)9-11)14(20)19-7-4-15(5-8-19)3-6-18-10-15;/h1-2,9,18H,3-8,10H2;1H. The van der Waals surface area contributed by atoms with E-state index in [-0.39, 0.29) is 23.9 Å². The molecule has 1 aromatic rings. The van der Waals surface area contributed by atoms with Gasteiger partial charge in [-0.05, 0) is 43.4 Å². The Balaban J connectivity index is 0.00000161. The third-order valence-electron chi connectivity index (χ3n) is 4.60. The van der Waals surface area contributed by atoms with E-state index in [4.69, 9.17) is 0 Å². The summed E-state index contributed by atoms with van der Waals surface area (Å²) in [6, 6.07) is 3.12. The van der Waals surface area contributed by atoms with Crippen molar-refractivity contribution in [2.45, 2.75) is 19.3 Å². The summed E-state index contributed by atoms with van der Waals surface area (Å²) in [6.07, 6.45) is 3.06. The molecule has 0 unspecified atom stereocenters. The molecule has 6 heteroatoms. The fourth-order valence-corrected chi connectivity index (χ4v) is 3.24. The predicted molar refractivity (Wildman–Crippen MR) is 78.7 cm³/mol. The molecule has 1 amide bonds. The van der Waals surface area contributed by atoms with Gasteiger partial charge in [-0.2, -0.15) is 0 Å². The van der Waals surface area contributed by atoms with E-state index in [0.29, 0.717) is 18.5 Å². The Morgan fingerprint density at radius 1 is 1.19 bits per heavy atom. The third kappa shape index (κ3) is 3.19. The number of halogens is 3. The molecule has 2 fully saturated rings. The van der Waals surface area contributed by atoms with E-state index in [2.05, 4.69) is 5.32 Å². The van der Waals surface area contributed by atoms with Crippen molar-refractivity contribution in [1.29, 1.82) is 0 Å². The third-order valence-corrected chi connectivity index (χ3v) is 4.60. The van der Waals surface area contributed by atoms with Crippen LogP contribution in [0.4, 0.5) is 8.78 Å². The van der Waals surface area contributed by atoms with Gasteiger partial charge in [0.1, 0.15) is 11.6 Å². The van der Waals surface area contributed by atoms with Gasteiger partial charge in [0.2, 0.25) is 0 Å². The number of hydrogen-bond donors (Lipinski definition) is 1. The van der Waals surface area contributed by atoms with E-state index >= 15 is 0 Å². The van der Waals surface area contributed by atoms with Gasteiger partial charge >= 0.3 is 0 Å². The Kier molecular flexibility index (Phi) is 4.84. The monoisotopic (exact) mass is 316 g/mol. The first kappa shape index (κ1) is 16.2. The molecule has 21 heavy (non-hydrogen) atoms. The van der Waals surface area contributed by atoms with Crippen LogP contribution in [0.15, 0.2) is 18.2 Å². The largest absolute Gasteiger partial charge is 0.339 e. The Morgan fingerprint density at radius 2 is 1.90 bits per heavy atom. The molecule has 1 spiro atoms. The maximum absolute atomic E-state index is 13.7. The van der Waals surface area contributed by atoms with Gasteiger partial charge in [0.05, 0.1) is 5.56 Å². The van der Waals surface area contributed by atoms with Gasteiger partial charge in [0, 0.05) is 25.7 Å². The summed E-state index contributed by atoms with van der Waals surface area (Å²) in [4.78, 5) is 14.0. The molecular formula is C15H19ClF2N2O. The Hall–Kier alpha value is -1.20. The quantitative estimate of drug-likeness (QED) is 0.864. The Bertz CT molecular complexity index is 522. The van der Waals surface area contributed by atoms with E-state index in [1.54, 1.807) is 4.90 Å². The van der Waals surface area contributed by atoms with Crippen LogP contribution in [0.1, 0.15) is 29.6 Å². The molecule has 0 radical (unpaired) electrons. The van der Waals surface area contributed by atoms with Crippen LogP contribution in [0.2, 0.25) is 0 Å². The molecule has 116 valence electrons. The van der Waals surface area contributed by atoms with Crippen molar-refractivity contribution in [3.8, 4) is 0 Å². The van der Waals surface area contributed by atoms with Gasteiger partial charge in [-0.1, -0.05) is 0 Å². The molecule has 2 heterocycles. The van der Waals surface area contributed by atoms with Crippen molar-refractivity contribution in [2.24, 2.45) is 5.41 Å². The van der Waals surface area contributed by atoms with Crippen molar-refractivity contribution in [2.75, 3.05) is 26.2 Å². The molecular weight excluding hydrogens is 298 g/mol. The topological polar surface area (TPSA) is 32.3 Å². The zero-order valence-corrected chi connectivity index (χ0v) is 12.5. The van der Waals surface area contributed by atoms with Crippen LogP contribution in [0.5, 0.6) is 0 Å². The number of nitrogens with one attached hydrogen (secondary N) is 1. The summed E-state index contributed by atoms with van der Waals surface area (Å²) < 4.78 is 26.5. The van der Waals surface area contributed by atoms with Gasteiger partial charge in [0.25, 0.3) is 5.91 Å². The fraction of sp³-hybridized carbons (Fsp3) is 0.533. The number of nitrogens with zero attached hydrogens (tertiary/aromatic N) is 1. The lowest BCUT2D eigenvalue weighted by molar-refractivity contribution is 0.0603. The predicted octanol–water partition coefficient (Wildman–Crippen LogP) is 2.60. The molecule has 2 aliphatic heterocycles. The molecule has 3 nitrogen and oxygen atoms in total. The first-order valence-corrected chi connectivity index (χ1v) is 7.05. The van der Waals surface area contributed by atoms with Gasteiger partial charge in [-0.25, -0.2) is 8.78 Å². The number of amides is 1.